The van der Waals surface area contributed by atoms with E-state index in [1.165, 1.54) is 0 Å². The molecule has 7 heteroatoms. The van der Waals surface area contributed by atoms with Crippen molar-refractivity contribution in [2.75, 3.05) is 38.3 Å². The normalized spacial score (nSPS) is 13.5. The van der Waals surface area contributed by atoms with E-state index in [4.69, 9.17) is 20.9 Å². The van der Waals surface area contributed by atoms with Crippen molar-refractivity contribution in [3.63, 3.8) is 0 Å². The number of ether oxygens (including phenoxy) is 1. The summed E-state index contributed by atoms with van der Waals surface area (Å²) in [5.74, 6) is 0.670. The molecule has 4 rings (SSSR count). The molecule has 162 valence electrons. The van der Waals surface area contributed by atoms with Crippen LogP contribution in [0.15, 0.2) is 59.1 Å². The SMILES string of the molecule is COCCN(Cc1c(-c2ccccc2)noc1N1CCCC1)C(=O)c1ccc(Cl)cc1. The van der Waals surface area contributed by atoms with Crippen LogP contribution in [0.25, 0.3) is 11.3 Å². The second-order valence-corrected chi connectivity index (χ2v) is 8.04. The fraction of sp³-hybridized carbons (Fsp3) is 0.333. The Morgan fingerprint density at radius 3 is 2.52 bits per heavy atom. The summed E-state index contributed by atoms with van der Waals surface area (Å²) in [6.45, 7) is 3.13. The Kier molecular flexibility index (Phi) is 6.89. The van der Waals surface area contributed by atoms with Crippen molar-refractivity contribution >= 4 is 23.4 Å². The highest BCUT2D eigenvalue weighted by Gasteiger charge is 2.27. The molecule has 6 nitrogen and oxygen atoms in total. The van der Waals surface area contributed by atoms with Crippen molar-refractivity contribution in [2.45, 2.75) is 19.4 Å². The first kappa shape index (κ1) is 21.4. The summed E-state index contributed by atoms with van der Waals surface area (Å²) in [5, 5.41) is 5.00. The standard InChI is InChI=1S/C24H26ClN3O3/c1-30-16-15-28(23(29)19-9-11-20(25)12-10-19)17-21-22(18-7-3-2-4-8-18)26-31-24(21)27-13-5-6-14-27/h2-4,7-12H,5-6,13-17H2,1H3. The molecule has 1 amide bonds. The molecule has 31 heavy (non-hydrogen) atoms. The Balaban J connectivity index is 1.70. The first-order valence-electron chi connectivity index (χ1n) is 10.5. The zero-order valence-corrected chi connectivity index (χ0v) is 18.3. The number of hydrogen-bond acceptors (Lipinski definition) is 5. The minimum absolute atomic E-state index is 0.0821. The van der Waals surface area contributed by atoms with Gasteiger partial charge in [-0.15, -0.1) is 0 Å². The molecule has 0 spiro atoms. The average molecular weight is 440 g/mol. The molecule has 0 unspecified atom stereocenters. The number of hydrogen-bond donors (Lipinski definition) is 0. The van der Waals surface area contributed by atoms with Gasteiger partial charge in [0.25, 0.3) is 5.91 Å². The Morgan fingerprint density at radius 1 is 1.13 bits per heavy atom. The highest BCUT2D eigenvalue weighted by atomic mass is 35.5. The summed E-state index contributed by atoms with van der Waals surface area (Å²) >= 11 is 6.01. The van der Waals surface area contributed by atoms with E-state index in [-0.39, 0.29) is 5.91 Å². The zero-order chi connectivity index (χ0) is 21.6. The summed E-state index contributed by atoms with van der Waals surface area (Å²) in [5.41, 5.74) is 3.25. The summed E-state index contributed by atoms with van der Waals surface area (Å²) < 4.78 is 11.1. The second kappa shape index (κ2) is 9.98. The van der Waals surface area contributed by atoms with Crippen LogP contribution >= 0.6 is 11.6 Å². The van der Waals surface area contributed by atoms with Crippen LogP contribution in [0.1, 0.15) is 28.8 Å². The van der Waals surface area contributed by atoms with Gasteiger partial charge in [0.15, 0.2) is 0 Å². The van der Waals surface area contributed by atoms with Gasteiger partial charge in [0, 0.05) is 42.9 Å². The minimum Gasteiger partial charge on any atom is -0.383 e. The predicted octanol–water partition coefficient (Wildman–Crippen LogP) is 4.88. The van der Waals surface area contributed by atoms with E-state index in [0.29, 0.717) is 30.3 Å². The lowest BCUT2D eigenvalue weighted by Gasteiger charge is -2.24. The average Bonchev–Trinajstić information content (AvgIpc) is 3.47. The minimum atomic E-state index is -0.0821. The molecule has 2 heterocycles. The van der Waals surface area contributed by atoms with Crippen molar-refractivity contribution < 1.29 is 14.1 Å². The van der Waals surface area contributed by atoms with Gasteiger partial charge in [-0.3, -0.25) is 4.79 Å². The Bertz CT molecular complexity index is 999. The van der Waals surface area contributed by atoms with E-state index in [2.05, 4.69) is 10.1 Å². The third-order valence-corrected chi connectivity index (χ3v) is 5.75. The van der Waals surface area contributed by atoms with Crippen LogP contribution in [0.5, 0.6) is 0 Å². The third kappa shape index (κ3) is 4.92. The molecule has 1 fully saturated rings. The van der Waals surface area contributed by atoms with E-state index in [0.717, 1.165) is 48.6 Å². The maximum atomic E-state index is 13.3. The summed E-state index contributed by atoms with van der Waals surface area (Å²) in [7, 11) is 1.63. The highest BCUT2D eigenvalue weighted by molar-refractivity contribution is 6.30. The van der Waals surface area contributed by atoms with Gasteiger partial charge in [-0.25, -0.2) is 0 Å². The number of nitrogens with zero attached hydrogens (tertiary/aromatic N) is 3. The van der Waals surface area contributed by atoms with Crippen LogP contribution < -0.4 is 4.90 Å². The van der Waals surface area contributed by atoms with Crippen LogP contribution in [-0.2, 0) is 11.3 Å². The first-order chi connectivity index (χ1) is 15.2. The molecule has 1 aliphatic heterocycles. The molecular formula is C24H26ClN3O3. The first-order valence-corrected chi connectivity index (χ1v) is 10.9. The largest absolute Gasteiger partial charge is 0.383 e. The van der Waals surface area contributed by atoms with Crippen molar-refractivity contribution in [2.24, 2.45) is 0 Å². The Labute approximate surface area is 187 Å². The zero-order valence-electron chi connectivity index (χ0n) is 17.6. The van der Waals surface area contributed by atoms with Gasteiger partial charge in [-0.05, 0) is 37.1 Å². The van der Waals surface area contributed by atoms with Crippen molar-refractivity contribution in [3.05, 3.63) is 70.7 Å². The molecule has 1 aromatic heterocycles. The highest BCUT2D eigenvalue weighted by Crippen LogP contribution is 2.34. The van der Waals surface area contributed by atoms with Crippen LogP contribution in [-0.4, -0.2) is 49.3 Å². The van der Waals surface area contributed by atoms with E-state index in [1.807, 2.05) is 30.3 Å². The number of carbonyl (C=O) groups is 1. The molecule has 0 saturated carbocycles. The fourth-order valence-electron chi connectivity index (χ4n) is 3.85. The molecule has 0 radical (unpaired) electrons. The molecule has 0 aliphatic carbocycles. The third-order valence-electron chi connectivity index (χ3n) is 5.50. The molecule has 2 aromatic carbocycles. The number of amides is 1. The van der Waals surface area contributed by atoms with Crippen LogP contribution in [0.2, 0.25) is 5.02 Å². The molecule has 0 atom stereocenters. The van der Waals surface area contributed by atoms with Crippen molar-refractivity contribution in [3.8, 4) is 11.3 Å². The van der Waals surface area contributed by atoms with E-state index < -0.39 is 0 Å². The van der Waals surface area contributed by atoms with Gasteiger partial charge in [-0.2, -0.15) is 0 Å². The summed E-state index contributed by atoms with van der Waals surface area (Å²) in [6, 6.07) is 16.9. The number of carbonyl (C=O) groups excluding carboxylic acids is 1. The number of anilines is 1. The van der Waals surface area contributed by atoms with Gasteiger partial charge in [0.05, 0.1) is 18.7 Å². The maximum Gasteiger partial charge on any atom is 0.254 e. The molecule has 0 N–H and O–H groups in total. The number of aromatic nitrogens is 1. The lowest BCUT2D eigenvalue weighted by atomic mass is 10.1. The van der Waals surface area contributed by atoms with Crippen LogP contribution in [0.3, 0.4) is 0 Å². The molecule has 1 saturated heterocycles. The number of halogens is 1. The Morgan fingerprint density at radius 2 is 1.84 bits per heavy atom. The Hall–Kier alpha value is -2.83. The van der Waals surface area contributed by atoms with Gasteiger partial charge in [0.2, 0.25) is 5.88 Å². The summed E-state index contributed by atoms with van der Waals surface area (Å²) in [4.78, 5) is 17.3. The number of methoxy groups -OCH3 is 1. The lowest BCUT2D eigenvalue weighted by Crippen LogP contribution is -2.34. The molecule has 3 aromatic rings. The quantitative estimate of drug-likeness (QED) is 0.500. The van der Waals surface area contributed by atoms with Gasteiger partial charge in [-0.1, -0.05) is 47.1 Å². The number of rotatable bonds is 8. The van der Waals surface area contributed by atoms with Crippen molar-refractivity contribution in [1.82, 2.24) is 10.1 Å². The topological polar surface area (TPSA) is 58.8 Å². The fourth-order valence-corrected chi connectivity index (χ4v) is 3.98. The second-order valence-electron chi connectivity index (χ2n) is 7.60. The van der Waals surface area contributed by atoms with Gasteiger partial charge >= 0.3 is 0 Å². The van der Waals surface area contributed by atoms with Crippen molar-refractivity contribution in [1.29, 1.82) is 0 Å². The monoisotopic (exact) mass is 439 g/mol. The smallest absolute Gasteiger partial charge is 0.254 e. The molecular weight excluding hydrogens is 414 g/mol. The predicted molar refractivity (Wildman–Crippen MR) is 121 cm³/mol. The van der Waals surface area contributed by atoms with Gasteiger partial charge < -0.3 is 19.1 Å². The number of benzene rings is 2. The molecule has 1 aliphatic rings. The lowest BCUT2D eigenvalue weighted by molar-refractivity contribution is 0.0681. The van der Waals surface area contributed by atoms with Crippen LogP contribution in [0, 0.1) is 0 Å². The van der Waals surface area contributed by atoms with E-state index in [1.54, 1.807) is 36.3 Å². The van der Waals surface area contributed by atoms with Crippen LogP contribution in [0.4, 0.5) is 5.88 Å². The summed E-state index contributed by atoms with van der Waals surface area (Å²) in [6.07, 6.45) is 2.25. The van der Waals surface area contributed by atoms with E-state index >= 15 is 0 Å². The van der Waals surface area contributed by atoms with E-state index in [9.17, 15) is 4.79 Å². The van der Waals surface area contributed by atoms with Gasteiger partial charge in [0.1, 0.15) is 5.69 Å². The molecule has 0 bridgehead atoms. The maximum absolute atomic E-state index is 13.3.